The fourth-order valence-corrected chi connectivity index (χ4v) is 2.73. The maximum absolute atomic E-state index is 12.2. The fraction of sp³-hybridized carbons (Fsp3) is 0.267. The summed E-state index contributed by atoms with van der Waals surface area (Å²) in [5, 5.41) is 14.1. The van der Waals surface area contributed by atoms with Crippen LogP contribution in [0, 0.1) is 6.92 Å². The first-order valence-corrected chi connectivity index (χ1v) is 7.41. The van der Waals surface area contributed by atoms with Gasteiger partial charge in [-0.2, -0.15) is 8.78 Å². The first-order chi connectivity index (χ1) is 10.5. The Balaban J connectivity index is 1.98. The molecule has 2 aromatic rings. The van der Waals surface area contributed by atoms with Crippen molar-refractivity contribution in [1.82, 2.24) is 5.32 Å². The van der Waals surface area contributed by atoms with Crippen LogP contribution >= 0.6 is 11.3 Å². The van der Waals surface area contributed by atoms with Gasteiger partial charge in [0.15, 0.2) is 0 Å². The maximum atomic E-state index is 12.2. The molecule has 22 heavy (non-hydrogen) atoms. The summed E-state index contributed by atoms with van der Waals surface area (Å²) in [5.41, 5.74) is 1.61. The Hall–Kier alpha value is -1.99. The molecule has 1 unspecified atom stereocenters. The van der Waals surface area contributed by atoms with Gasteiger partial charge in [0.05, 0.1) is 6.10 Å². The molecule has 1 aromatic carbocycles. The SMILES string of the molecule is Cc1ccccc1C(O)CNC(=O)c1sccc1OC(F)F. The molecule has 0 aliphatic rings. The first-order valence-electron chi connectivity index (χ1n) is 6.53. The molecule has 0 aliphatic heterocycles. The molecule has 118 valence electrons. The van der Waals surface area contributed by atoms with E-state index in [9.17, 15) is 18.7 Å². The Morgan fingerprint density at radius 1 is 1.36 bits per heavy atom. The molecular weight excluding hydrogens is 312 g/mol. The predicted octanol–water partition coefficient (Wildman–Crippen LogP) is 3.12. The predicted molar refractivity (Wildman–Crippen MR) is 79.4 cm³/mol. The van der Waals surface area contributed by atoms with Crippen molar-refractivity contribution in [3.8, 4) is 5.75 Å². The smallest absolute Gasteiger partial charge is 0.387 e. The second-order valence-electron chi connectivity index (χ2n) is 4.57. The van der Waals surface area contributed by atoms with Crippen molar-refractivity contribution in [2.45, 2.75) is 19.6 Å². The number of halogens is 2. The molecule has 0 radical (unpaired) electrons. The molecule has 2 rings (SSSR count). The van der Waals surface area contributed by atoms with Crippen molar-refractivity contribution in [3.05, 3.63) is 51.7 Å². The molecule has 0 saturated carbocycles. The van der Waals surface area contributed by atoms with Gasteiger partial charge in [-0.25, -0.2) is 0 Å². The molecular formula is C15H15F2NO3S. The van der Waals surface area contributed by atoms with Crippen LogP contribution in [0.4, 0.5) is 8.78 Å². The number of aliphatic hydroxyl groups is 1. The van der Waals surface area contributed by atoms with Crippen LogP contribution in [0.5, 0.6) is 5.75 Å². The number of alkyl halides is 2. The molecule has 1 aromatic heterocycles. The third-order valence-electron chi connectivity index (χ3n) is 3.05. The van der Waals surface area contributed by atoms with E-state index in [2.05, 4.69) is 10.1 Å². The van der Waals surface area contributed by atoms with Crippen LogP contribution in [0.15, 0.2) is 35.7 Å². The Kier molecular flexibility index (Phi) is 5.46. The van der Waals surface area contributed by atoms with Gasteiger partial charge in [0, 0.05) is 6.54 Å². The standard InChI is InChI=1S/C15H15F2NO3S/c1-9-4-2-3-5-10(9)11(19)8-18-14(20)13-12(6-7-22-13)21-15(16)17/h2-7,11,15,19H,8H2,1H3,(H,18,20). The number of aryl methyl sites for hydroxylation is 1. The van der Waals surface area contributed by atoms with E-state index in [1.807, 2.05) is 19.1 Å². The lowest BCUT2D eigenvalue weighted by molar-refractivity contribution is -0.0498. The fourth-order valence-electron chi connectivity index (χ4n) is 1.99. The van der Waals surface area contributed by atoms with E-state index in [0.29, 0.717) is 5.56 Å². The number of nitrogens with one attached hydrogen (secondary N) is 1. The summed E-state index contributed by atoms with van der Waals surface area (Å²) in [6.45, 7) is -1.15. The van der Waals surface area contributed by atoms with Gasteiger partial charge in [0.1, 0.15) is 10.6 Å². The number of amides is 1. The number of hydrogen-bond acceptors (Lipinski definition) is 4. The van der Waals surface area contributed by atoms with Gasteiger partial charge in [0.25, 0.3) is 5.91 Å². The zero-order valence-corrected chi connectivity index (χ0v) is 12.6. The average Bonchev–Trinajstić information content (AvgIpc) is 2.92. The second-order valence-corrected chi connectivity index (χ2v) is 5.49. The maximum Gasteiger partial charge on any atom is 0.387 e. The highest BCUT2D eigenvalue weighted by Gasteiger charge is 2.19. The first kappa shape index (κ1) is 16.4. The quantitative estimate of drug-likeness (QED) is 0.857. The lowest BCUT2D eigenvalue weighted by Crippen LogP contribution is -2.28. The van der Waals surface area contributed by atoms with Crippen molar-refractivity contribution in [3.63, 3.8) is 0 Å². The van der Waals surface area contributed by atoms with Crippen molar-refractivity contribution in [2.75, 3.05) is 6.54 Å². The Labute approximate surface area is 130 Å². The zero-order chi connectivity index (χ0) is 16.1. The van der Waals surface area contributed by atoms with E-state index >= 15 is 0 Å². The molecule has 1 amide bonds. The van der Waals surface area contributed by atoms with Gasteiger partial charge in [-0.15, -0.1) is 11.3 Å². The van der Waals surface area contributed by atoms with Crippen LogP contribution in [-0.4, -0.2) is 24.2 Å². The molecule has 2 N–H and O–H groups in total. The van der Waals surface area contributed by atoms with Gasteiger partial charge in [-0.1, -0.05) is 24.3 Å². The number of ether oxygens (including phenoxy) is 1. The van der Waals surface area contributed by atoms with Gasteiger partial charge in [-0.3, -0.25) is 4.79 Å². The molecule has 1 atom stereocenters. The Morgan fingerprint density at radius 2 is 2.09 bits per heavy atom. The summed E-state index contributed by atoms with van der Waals surface area (Å²) in [5.74, 6) is -0.721. The van der Waals surface area contributed by atoms with E-state index in [0.717, 1.165) is 16.9 Å². The van der Waals surface area contributed by atoms with E-state index < -0.39 is 18.6 Å². The summed E-state index contributed by atoms with van der Waals surface area (Å²) in [7, 11) is 0. The van der Waals surface area contributed by atoms with Crippen LogP contribution < -0.4 is 10.1 Å². The van der Waals surface area contributed by atoms with Gasteiger partial charge in [0.2, 0.25) is 0 Å². The zero-order valence-electron chi connectivity index (χ0n) is 11.8. The summed E-state index contributed by atoms with van der Waals surface area (Å²) in [6.07, 6.45) is -0.871. The van der Waals surface area contributed by atoms with E-state index in [1.54, 1.807) is 12.1 Å². The van der Waals surface area contributed by atoms with Crippen molar-refractivity contribution < 1.29 is 23.4 Å². The van der Waals surface area contributed by atoms with Crippen LogP contribution in [-0.2, 0) is 0 Å². The second kappa shape index (κ2) is 7.33. The molecule has 0 bridgehead atoms. The monoisotopic (exact) mass is 327 g/mol. The van der Waals surface area contributed by atoms with Crippen molar-refractivity contribution >= 4 is 17.2 Å². The van der Waals surface area contributed by atoms with Crippen LogP contribution in [0.3, 0.4) is 0 Å². The molecule has 1 heterocycles. The molecule has 0 aliphatic carbocycles. The lowest BCUT2D eigenvalue weighted by Gasteiger charge is -2.14. The molecule has 7 heteroatoms. The number of carbonyl (C=O) groups excluding carboxylic acids is 1. The summed E-state index contributed by atoms with van der Waals surface area (Å²) >= 11 is 0.998. The third kappa shape index (κ3) is 4.02. The number of thiophene rings is 1. The van der Waals surface area contributed by atoms with Crippen LogP contribution in [0.1, 0.15) is 26.9 Å². The molecule has 0 fully saturated rings. The minimum Gasteiger partial charge on any atom is -0.433 e. The van der Waals surface area contributed by atoms with E-state index in [4.69, 9.17) is 0 Å². The summed E-state index contributed by atoms with van der Waals surface area (Å²) < 4.78 is 28.7. The highest BCUT2D eigenvalue weighted by molar-refractivity contribution is 7.12. The van der Waals surface area contributed by atoms with Crippen molar-refractivity contribution in [2.24, 2.45) is 0 Å². The Bertz CT molecular complexity index is 645. The molecule has 4 nitrogen and oxygen atoms in total. The van der Waals surface area contributed by atoms with Crippen LogP contribution in [0.25, 0.3) is 0 Å². The van der Waals surface area contributed by atoms with Crippen LogP contribution in [0.2, 0.25) is 0 Å². The highest BCUT2D eigenvalue weighted by Crippen LogP contribution is 2.26. The summed E-state index contributed by atoms with van der Waals surface area (Å²) in [4.78, 5) is 12.0. The van der Waals surface area contributed by atoms with E-state index in [-0.39, 0.29) is 17.2 Å². The lowest BCUT2D eigenvalue weighted by atomic mass is 10.0. The van der Waals surface area contributed by atoms with E-state index in [1.165, 1.54) is 11.4 Å². The average molecular weight is 327 g/mol. The number of rotatable bonds is 6. The number of benzene rings is 1. The molecule has 0 spiro atoms. The summed E-state index contributed by atoms with van der Waals surface area (Å²) in [6, 6.07) is 8.57. The molecule has 0 saturated heterocycles. The van der Waals surface area contributed by atoms with Gasteiger partial charge < -0.3 is 15.2 Å². The minimum atomic E-state index is -2.99. The topological polar surface area (TPSA) is 58.6 Å². The Morgan fingerprint density at radius 3 is 2.77 bits per heavy atom. The third-order valence-corrected chi connectivity index (χ3v) is 3.95. The number of carbonyl (C=O) groups is 1. The van der Waals surface area contributed by atoms with Gasteiger partial charge in [-0.05, 0) is 29.5 Å². The normalized spacial score (nSPS) is 12.2. The largest absolute Gasteiger partial charge is 0.433 e. The number of aliphatic hydroxyl groups excluding tert-OH is 1. The van der Waals surface area contributed by atoms with Gasteiger partial charge >= 0.3 is 6.61 Å². The number of hydrogen-bond donors (Lipinski definition) is 2. The van der Waals surface area contributed by atoms with Crippen molar-refractivity contribution in [1.29, 1.82) is 0 Å². The highest BCUT2D eigenvalue weighted by atomic mass is 32.1. The minimum absolute atomic E-state index is 0.0181.